The molecule has 0 fully saturated rings. The van der Waals surface area contributed by atoms with Gasteiger partial charge in [0.05, 0.1) is 15.6 Å². The van der Waals surface area contributed by atoms with Gasteiger partial charge in [0.2, 0.25) is 0 Å². The molecular formula is C15H16ClN3O2S. The molecule has 116 valence electrons. The summed E-state index contributed by atoms with van der Waals surface area (Å²) in [6.07, 6.45) is 0. The molecule has 0 saturated heterocycles. The first-order valence-electron chi connectivity index (χ1n) is 6.53. The van der Waals surface area contributed by atoms with Crippen molar-refractivity contribution in [2.45, 2.75) is 13.8 Å². The Hall–Kier alpha value is -2.05. The molecule has 0 aliphatic carbocycles. The molecule has 1 heterocycles. The van der Waals surface area contributed by atoms with Gasteiger partial charge in [0.1, 0.15) is 0 Å². The van der Waals surface area contributed by atoms with E-state index in [1.54, 1.807) is 6.07 Å². The molecule has 0 spiro atoms. The number of carbonyl (C=O) groups is 1. The molecule has 7 heteroatoms. The van der Waals surface area contributed by atoms with E-state index in [1.165, 1.54) is 11.3 Å². The zero-order chi connectivity index (χ0) is 16.1. The fraction of sp³-hybridized carbons (Fsp3) is 0.200. The second-order valence-corrected chi connectivity index (χ2v) is 6.07. The lowest BCUT2D eigenvalue weighted by Gasteiger charge is -2.11. The van der Waals surface area contributed by atoms with Gasteiger partial charge in [-0.05, 0) is 42.5 Å². The lowest BCUT2D eigenvalue weighted by molar-refractivity contribution is -0.120. The van der Waals surface area contributed by atoms with Crippen LogP contribution >= 0.6 is 22.9 Å². The van der Waals surface area contributed by atoms with Gasteiger partial charge in [0.15, 0.2) is 12.4 Å². The van der Waals surface area contributed by atoms with E-state index in [1.807, 2.05) is 37.4 Å². The molecule has 22 heavy (non-hydrogen) atoms. The molecule has 0 aliphatic rings. The summed E-state index contributed by atoms with van der Waals surface area (Å²) in [5, 5.41) is 8.80. The molecule has 0 radical (unpaired) electrons. The van der Waals surface area contributed by atoms with Crippen LogP contribution in [0.1, 0.15) is 16.0 Å². The second-order valence-electron chi connectivity index (χ2n) is 4.71. The summed E-state index contributed by atoms with van der Waals surface area (Å²) in [6, 6.07) is 7.41. The number of rotatable bonds is 5. The Labute approximate surface area is 137 Å². The first-order chi connectivity index (χ1) is 10.5. The molecule has 0 saturated carbocycles. The third-order valence-electron chi connectivity index (χ3n) is 2.83. The number of halogens is 1. The number of amidine groups is 1. The number of nitrogens with two attached hydrogens (primary N) is 1. The zero-order valence-electron chi connectivity index (χ0n) is 12.2. The maximum absolute atomic E-state index is 11.9. The molecule has 5 nitrogen and oxygen atoms in total. The normalized spacial score (nSPS) is 11.3. The van der Waals surface area contributed by atoms with Gasteiger partial charge in [-0.3, -0.25) is 4.79 Å². The summed E-state index contributed by atoms with van der Waals surface area (Å²) in [5.74, 6) is -0.107. The smallest absolute Gasteiger partial charge is 0.265 e. The number of hydrogen-bond donors (Lipinski definition) is 2. The Morgan fingerprint density at radius 2 is 2.23 bits per heavy atom. The number of benzene rings is 1. The van der Waals surface area contributed by atoms with E-state index in [9.17, 15) is 4.79 Å². The van der Waals surface area contributed by atoms with E-state index in [2.05, 4.69) is 10.5 Å². The molecular weight excluding hydrogens is 322 g/mol. The maximum atomic E-state index is 11.9. The lowest BCUT2D eigenvalue weighted by Crippen LogP contribution is -2.19. The van der Waals surface area contributed by atoms with Gasteiger partial charge >= 0.3 is 0 Å². The van der Waals surface area contributed by atoms with E-state index in [-0.39, 0.29) is 18.3 Å². The van der Waals surface area contributed by atoms with Gasteiger partial charge in [-0.15, -0.1) is 11.3 Å². The Bertz CT molecular complexity index is 676. The number of hydrogen-bond acceptors (Lipinski definition) is 4. The molecule has 2 aromatic rings. The highest BCUT2D eigenvalue weighted by Crippen LogP contribution is 2.27. The van der Waals surface area contributed by atoms with Crippen LogP contribution in [0.5, 0.6) is 0 Å². The van der Waals surface area contributed by atoms with Gasteiger partial charge in [0, 0.05) is 0 Å². The number of nitrogens with zero attached hydrogens (tertiary/aromatic N) is 1. The van der Waals surface area contributed by atoms with Crippen LogP contribution in [0.4, 0.5) is 5.69 Å². The van der Waals surface area contributed by atoms with E-state index in [0.717, 1.165) is 16.0 Å². The average Bonchev–Trinajstić information content (AvgIpc) is 2.97. The minimum Gasteiger partial charge on any atom is -0.384 e. The van der Waals surface area contributed by atoms with Gasteiger partial charge in [-0.25, -0.2) is 0 Å². The van der Waals surface area contributed by atoms with Crippen molar-refractivity contribution in [1.82, 2.24) is 0 Å². The van der Waals surface area contributed by atoms with Crippen molar-refractivity contribution < 1.29 is 9.63 Å². The van der Waals surface area contributed by atoms with Gasteiger partial charge in [-0.1, -0.05) is 28.9 Å². The predicted molar refractivity (Wildman–Crippen MR) is 90.6 cm³/mol. The maximum Gasteiger partial charge on any atom is 0.265 e. The Morgan fingerprint density at radius 3 is 2.86 bits per heavy atom. The van der Waals surface area contributed by atoms with Crippen molar-refractivity contribution >= 4 is 40.4 Å². The quantitative estimate of drug-likeness (QED) is 0.499. The number of amides is 1. The van der Waals surface area contributed by atoms with E-state index >= 15 is 0 Å². The zero-order valence-corrected chi connectivity index (χ0v) is 13.8. The van der Waals surface area contributed by atoms with Crippen LogP contribution in [0.3, 0.4) is 0 Å². The topological polar surface area (TPSA) is 76.7 Å². The molecule has 0 unspecified atom stereocenters. The number of nitrogens with one attached hydrogen (secondary N) is 1. The fourth-order valence-electron chi connectivity index (χ4n) is 1.88. The molecule has 0 atom stereocenters. The van der Waals surface area contributed by atoms with Crippen molar-refractivity contribution in [3.8, 4) is 0 Å². The van der Waals surface area contributed by atoms with Crippen molar-refractivity contribution in [2.24, 2.45) is 10.9 Å². The molecule has 1 aromatic carbocycles. The standard InChI is InChI=1S/C15H16ClN3O2S/c1-9-6-10(2)14(11(16)7-9)18-13(20)8-21-19-15(17)12-4-3-5-22-12/h3-7H,8H2,1-2H3,(H2,17,19)(H,18,20). The van der Waals surface area contributed by atoms with Crippen LogP contribution in [0.2, 0.25) is 5.02 Å². The third-order valence-corrected chi connectivity index (χ3v) is 4.02. The highest BCUT2D eigenvalue weighted by molar-refractivity contribution is 7.12. The van der Waals surface area contributed by atoms with Crippen LogP contribution in [0, 0.1) is 13.8 Å². The highest BCUT2D eigenvalue weighted by atomic mass is 35.5. The van der Waals surface area contributed by atoms with Crippen molar-refractivity contribution in [3.63, 3.8) is 0 Å². The van der Waals surface area contributed by atoms with Crippen LogP contribution in [-0.4, -0.2) is 18.3 Å². The monoisotopic (exact) mass is 337 g/mol. The van der Waals surface area contributed by atoms with Gasteiger partial charge in [-0.2, -0.15) is 0 Å². The molecule has 2 rings (SSSR count). The lowest BCUT2D eigenvalue weighted by atomic mass is 10.1. The highest BCUT2D eigenvalue weighted by Gasteiger charge is 2.10. The summed E-state index contributed by atoms with van der Waals surface area (Å²) in [7, 11) is 0. The number of carbonyl (C=O) groups excluding carboxylic acids is 1. The minimum atomic E-state index is -0.350. The summed E-state index contributed by atoms with van der Waals surface area (Å²) in [5.41, 5.74) is 8.23. The molecule has 3 N–H and O–H groups in total. The van der Waals surface area contributed by atoms with E-state index < -0.39 is 0 Å². The van der Waals surface area contributed by atoms with Crippen molar-refractivity contribution in [2.75, 3.05) is 11.9 Å². The van der Waals surface area contributed by atoms with E-state index in [4.69, 9.17) is 22.2 Å². The number of thiophene rings is 1. The fourth-order valence-corrected chi connectivity index (χ4v) is 2.87. The van der Waals surface area contributed by atoms with Crippen LogP contribution in [0.15, 0.2) is 34.8 Å². The van der Waals surface area contributed by atoms with Crippen LogP contribution in [0.25, 0.3) is 0 Å². The third kappa shape index (κ3) is 4.22. The Kier molecular flexibility index (Phi) is 5.41. The molecule has 1 amide bonds. The number of oxime groups is 1. The first kappa shape index (κ1) is 16.3. The summed E-state index contributed by atoms with van der Waals surface area (Å²) >= 11 is 7.57. The predicted octanol–water partition coefficient (Wildman–Crippen LogP) is 3.29. The summed E-state index contributed by atoms with van der Waals surface area (Å²) < 4.78 is 0. The van der Waals surface area contributed by atoms with E-state index in [0.29, 0.717) is 10.7 Å². The summed E-state index contributed by atoms with van der Waals surface area (Å²) in [4.78, 5) is 17.6. The Morgan fingerprint density at radius 1 is 1.45 bits per heavy atom. The number of anilines is 1. The largest absolute Gasteiger partial charge is 0.384 e. The molecule has 1 aromatic heterocycles. The first-order valence-corrected chi connectivity index (χ1v) is 7.79. The second kappa shape index (κ2) is 7.29. The SMILES string of the molecule is Cc1cc(C)c(NC(=O)CO/N=C(\N)c2cccs2)c(Cl)c1. The van der Waals surface area contributed by atoms with Crippen LogP contribution in [-0.2, 0) is 9.63 Å². The van der Waals surface area contributed by atoms with Crippen LogP contribution < -0.4 is 11.1 Å². The van der Waals surface area contributed by atoms with Crippen molar-refractivity contribution in [3.05, 3.63) is 50.7 Å². The minimum absolute atomic E-state index is 0.240. The Balaban J connectivity index is 1.93. The van der Waals surface area contributed by atoms with Gasteiger partial charge < -0.3 is 15.9 Å². The molecule has 0 aliphatic heterocycles. The van der Waals surface area contributed by atoms with Gasteiger partial charge in [0.25, 0.3) is 5.91 Å². The average molecular weight is 338 g/mol. The summed E-state index contributed by atoms with van der Waals surface area (Å²) in [6.45, 7) is 3.58. The van der Waals surface area contributed by atoms with Crippen molar-refractivity contribution in [1.29, 1.82) is 0 Å². The molecule has 0 bridgehead atoms. The number of aryl methyl sites for hydroxylation is 2.